The Labute approximate surface area is 244 Å². The molecule has 2 amide bonds. The van der Waals surface area contributed by atoms with Crippen LogP contribution >= 0.6 is 0 Å². The maximum atomic E-state index is 13.9. The minimum Gasteiger partial charge on any atom is -0.352 e. The summed E-state index contributed by atoms with van der Waals surface area (Å²) in [6.07, 6.45) is -14.2. The average Bonchev–Trinajstić information content (AvgIpc) is 2.90. The minimum absolute atomic E-state index is 0.270. The van der Waals surface area contributed by atoms with Gasteiger partial charge in [0.1, 0.15) is 0 Å². The number of benzene rings is 1. The highest BCUT2D eigenvalue weighted by Gasteiger charge is 2.97. The van der Waals surface area contributed by atoms with Crippen molar-refractivity contribution >= 4 is 11.8 Å². The third-order valence-electron chi connectivity index (χ3n) is 5.78. The van der Waals surface area contributed by atoms with E-state index < -0.39 is 96.6 Å². The van der Waals surface area contributed by atoms with Gasteiger partial charge in [-0.2, -0.15) is 96.6 Å². The summed E-state index contributed by atoms with van der Waals surface area (Å²) in [6.45, 7) is -2.44. The van der Waals surface area contributed by atoms with Crippen molar-refractivity contribution in [1.29, 1.82) is 0 Å². The molecule has 0 aliphatic rings. The molecule has 0 spiro atoms. The molecule has 0 saturated carbocycles. The van der Waals surface area contributed by atoms with Crippen LogP contribution in [0, 0.1) is 0 Å². The first-order valence-electron chi connectivity index (χ1n) is 11.3. The lowest BCUT2D eigenvalue weighted by Gasteiger charge is -2.43. The molecule has 0 aliphatic carbocycles. The molecule has 47 heavy (non-hydrogen) atoms. The van der Waals surface area contributed by atoms with Gasteiger partial charge in [-0.05, 0) is 17.7 Å². The summed E-state index contributed by atoms with van der Waals surface area (Å²) in [5.74, 6) is -74.6. The number of carbonyl (C=O) groups excluding carboxylic acids is 2. The van der Waals surface area contributed by atoms with E-state index in [0.29, 0.717) is 17.4 Å². The van der Waals surface area contributed by atoms with E-state index in [1.807, 2.05) is 0 Å². The molecule has 1 rings (SSSR count). The smallest absolute Gasteiger partial charge is 0.352 e. The highest BCUT2D eigenvalue weighted by Crippen LogP contribution is 2.65. The van der Waals surface area contributed by atoms with Crippen molar-refractivity contribution in [1.82, 2.24) is 10.6 Å². The molecule has 0 aliphatic heterocycles. The summed E-state index contributed by atoms with van der Waals surface area (Å²) in [5, 5.41) is 2.28. The molecular weight excluding hydrogens is 730 g/mol. The Morgan fingerprint density at radius 2 is 0.936 bits per heavy atom. The Kier molecular flexibility index (Phi) is 10.9. The van der Waals surface area contributed by atoms with Gasteiger partial charge in [0.25, 0.3) is 5.91 Å². The lowest BCUT2D eigenvalue weighted by atomic mass is 9.87. The van der Waals surface area contributed by atoms with Gasteiger partial charge in [-0.3, -0.25) is 9.59 Å². The molecule has 26 heteroatoms. The Morgan fingerprint density at radius 1 is 0.532 bits per heavy atom. The summed E-state index contributed by atoms with van der Waals surface area (Å²) in [4.78, 5) is 23.0. The highest BCUT2D eigenvalue weighted by molar-refractivity contribution is 5.85. The molecule has 2 N–H and O–H groups in total. The van der Waals surface area contributed by atoms with Gasteiger partial charge in [0.2, 0.25) is 5.91 Å². The monoisotopic (exact) mass is 742 g/mol. The molecular formula is C21H12F22N2O2. The van der Waals surface area contributed by atoms with Gasteiger partial charge >= 0.3 is 59.7 Å². The second-order valence-corrected chi connectivity index (χ2v) is 9.07. The fraction of sp³-hybridized carbons (Fsp3) is 0.619. The standard InChI is InChI=1S/C21H12F22N2O2/c22-12(23,11(47)44-5-4-10(46)45-7-8-2-1-3-9(6-8)13(24,25)26)14(27,28)15(29,30)16(31,32)17(33,34)18(35,36)19(37,38)20(39,40)21(41,42)43/h1-3,6H,4-5,7H2,(H,44,47)(H,45,46). The van der Waals surface area contributed by atoms with Crippen LogP contribution < -0.4 is 10.6 Å². The summed E-state index contributed by atoms with van der Waals surface area (Å²) < 4.78 is 291. The Hall–Kier alpha value is -3.38. The molecule has 1 aromatic rings. The molecule has 0 fully saturated rings. The topological polar surface area (TPSA) is 58.2 Å². The van der Waals surface area contributed by atoms with E-state index in [-0.39, 0.29) is 5.56 Å². The van der Waals surface area contributed by atoms with E-state index in [0.717, 1.165) is 12.1 Å². The molecule has 4 nitrogen and oxygen atoms in total. The number of nitrogens with one attached hydrogen (secondary N) is 2. The number of hydrogen-bond donors (Lipinski definition) is 2. The van der Waals surface area contributed by atoms with Crippen LogP contribution in [0.5, 0.6) is 0 Å². The maximum Gasteiger partial charge on any atom is 0.460 e. The number of carbonyl (C=O) groups is 2. The SMILES string of the molecule is O=C(CCNC(=O)C(F)(F)C(F)(F)C(F)(F)C(F)(F)C(F)(F)C(F)(F)C(F)(F)C(F)(F)C(F)(F)F)NCc1cccc(C(F)(F)F)c1. The third kappa shape index (κ3) is 6.81. The van der Waals surface area contributed by atoms with E-state index in [1.165, 1.54) is 0 Å². The average molecular weight is 742 g/mol. The first-order chi connectivity index (χ1) is 20.5. The maximum absolute atomic E-state index is 13.9. The van der Waals surface area contributed by atoms with Crippen LogP contribution in [0.3, 0.4) is 0 Å². The van der Waals surface area contributed by atoms with Crippen molar-refractivity contribution < 1.29 is 106 Å². The van der Waals surface area contributed by atoms with E-state index in [2.05, 4.69) is 0 Å². The van der Waals surface area contributed by atoms with Crippen molar-refractivity contribution in [2.45, 2.75) is 72.7 Å². The van der Waals surface area contributed by atoms with Crippen LogP contribution in [-0.2, 0) is 22.3 Å². The summed E-state index contributed by atoms with van der Waals surface area (Å²) in [7, 11) is 0. The second-order valence-electron chi connectivity index (χ2n) is 9.07. The Morgan fingerprint density at radius 3 is 1.34 bits per heavy atom. The van der Waals surface area contributed by atoms with Gasteiger partial charge in [0.05, 0.1) is 5.56 Å². The molecule has 0 aromatic heterocycles. The molecule has 0 unspecified atom stereocenters. The van der Waals surface area contributed by atoms with Crippen LogP contribution in [0.2, 0.25) is 0 Å². The van der Waals surface area contributed by atoms with E-state index in [9.17, 15) is 106 Å². The zero-order valence-corrected chi connectivity index (χ0v) is 21.6. The van der Waals surface area contributed by atoms with Gasteiger partial charge in [-0.1, -0.05) is 12.1 Å². The van der Waals surface area contributed by atoms with Crippen molar-refractivity contribution in [2.24, 2.45) is 0 Å². The largest absolute Gasteiger partial charge is 0.460 e. The Bertz CT molecular complexity index is 1300. The lowest BCUT2D eigenvalue weighted by molar-refractivity contribution is -0.467. The van der Waals surface area contributed by atoms with Crippen LogP contribution in [0.4, 0.5) is 96.6 Å². The Balaban J connectivity index is 3.19. The van der Waals surface area contributed by atoms with Gasteiger partial charge in [0.15, 0.2) is 0 Å². The lowest BCUT2D eigenvalue weighted by Crippen LogP contribution is -2.76. The van der Waals surface area contributed by atoms with Gasteiger partial charge in [-0.15, -0.1) is 0 Å². The minimum atomic E-state index is -9.14. The van der Waals surface area contributed by atoms with Crippen LogP contribution in [0.15, 0.2) is 24.3 Å². The molecule has 0 radical (unpaired) electrons. The van der Waals surface area contributed by atoms with Gasteiger partial charge < -0.3 is 10.6 Å². The number of rotatable bonds is 13. The van der Waals surface area contributed by atoms with Gasteiger partial charge in [0, 0.05) is 19.5 Å². The molecule has 1 aromatic carbocycles. The van der Waals surface area contributed by atoms with Crippen molar-refractivity contribution in [3.8, 4) is 0 Å². The van der Waals surface area contributed by atoms with Crippen molar-refractivity contribution in [2.75, 3.05) is 6.54 Å². The number of halogens is 22. The zero-order chi connectivity index (χ0) is 37.7. The molecule has 0 bridgehead atoms. The third-order valence-corrected chi connectivity index (χ3v) is 5.78. The van der Waals surface area contributed by atoms with E-state index >= 15 is 0 Å². The fourth-order valence-corrected chi connectivity index (χ4v) is 3.05. The van der Waals surface area contributed by atoms with Crippen molar-refractivity contribution in [3.63, 3.8) is 0 Å². The van der Waals surface area contributed by atoms with E-state index in [1.54, 1.807) is 5.32 Å². The number of amides is 2. The molecule has 272 valence electrons. The summed E-state index contributed by atoms with van der Waals surface area (Å²) >= 11 is 0. The predicted molar refractivity (Wildman–Crippen MR) is 107 cm³/mol. The highest BCUT2D eigenvalue weighted by atomic mass is 19.4. The quantitative estimate of drug-likeness (QED) is 0.206. The normalized spacial score (nSPS) is 15.0. The fourth-order valence-electron chi connectivity index (χ4n) is 3.05. The zero-order valence-electron chi connectivity index (χ0n) is 21.6. The predicted octanol–water partition coefficient (Wildman–Crippen LogP) is 7.47. The van der Waals surface area contributed by atoms with Crippen molar-refractivity contribution in [3.05, 3.63) is 35.4 Å². The van der Waals surface area contributed by atoms with Crippen LogP contribution in [0.25, 0.3) is 0 Å². The van der Waals surface area contributed by atoms with Crippen LogP contribution in [0.1, 0.15) is 17.5 Å². The first kappa shape index (κ1) is 41.6. The summed E-state index contributed by atoms with van der Waals surface area (Å²) in [6, 6.07) is 2.93. The first-order valence-corrected chi connectivity index (χ1v) is 11.3. The van der Waals surface area contributed by atoms with Crippen LogP contribution in [-0.4, -0.2) is 71.9 Å². The molecule has 0 atom stereocenters. The molecule has 0 saturated heterocycles. The second kappa shape index (κ2) is 12.3. The summed E-state index contributed by atoms with van der Waals surface area (Å²) in [5.41, 5.74) is -1.50. The van der Waals surface area contributed by atoms with E-state index in [4.69, 9.17) is 0 Å². The number of hydrogen-bond acceptors (Lipinski definition) is 2. The number of alkyl halides is 22. The van der Waals surface area contributed by atoms with Gasteiger partial charge in [-0.25, -0.2) is 0 Å². The molecule has 0 heterocycles.